The van der Waals surface area contributed by atoms with Crippen molar-refractivity contribution in [2.45, 2.75) is 103 Å². The second kappa shape index (κ2) is 12.6. The number of ether oxygens (including phenoxy) is 2. The number of cyclic esters (lactones) is 1. The van der Waals surface area contributed by atoms with Crippen molar-refractivity contribution in [2.75, 3.05) is 0 Å². The van der Waals surface area contributed by atoms with Gasteiger partial charge in [-0.2, -0.15) is 0 Å². The van der Waals surface area contributed by atoms with Crippen LogP contribution in [0.1, 0.15) is 78.3 Å². The Balaban J connectivity index is 1.88. The summed E-state index contributed by atoms with van der Waals surface area (Å²) in [4.78, 5) is 30.6. The van der Waals surface area contributed by atoms with Gasteiger partial charge in [0.1, 0.15) is 11.6 Å². The van der Waals surface area contributed by atoms with Crippen LogP contribution in [-0.2, 0) is 19.1 Å². The maximum Gasteiger partial charge on any atom is 0.309 e. The molecule has 38 heavy (non-hydrogen) atoms. The zero-order valence-corrected chi connectivity index (χ0v) is 22.9. The lowest BCUT2D eigenvalue weighted by Gasteiger charge is -2.36. The summed E-state index contributed by atoms with van der Waals surface area (Å²) < 4.78 is 26.8. The van der Waals surface area contributed by atoms with Crippen LogP contribution in [0.5, 0.6) is 0 Å². The summed E-state index contributed by atoms with van der Waals surface area (Å²) >= 11 is 0. The normalized spacial score (nSPS) is 35.2. The molecule has 7 atom stereocenters. The fourth-order valence-corrected chi connectivity index (χ4v) is 5.27. The molecule has 2 aliphatic rings. The fraction of sp³-hybridized carbons (Fsp3) is 0.633. The minimum atomic E-state index is -1.38. The number of aliphatic hydroxyl groups is 2. The van der Waals surface area contributed by atoms with Gasteiger partial charge in [0.05, 0.1) is 41.4 Å². The topological polar surface area (TPSA) is 109 Å². The molecule has 7 nitrogen and oxygen atoms in total. The highest BCUT2D eigenvalue weighted by molar-refractivity contribution is 5.88. The molecule has 0 saturated carbocycles. The molecule has 0 aromatic carbocycles. The van der Waals surface area contributed by atoms with Gasteiger partial charge in [-0.3, -0.25) is 14.6 Å². The first-order valence-electron chi connectivity index (χ1n) is 13.6. The largest absolute Gasteiger partial charge is 0.455 e. The van der Waals surface area contributed by atoms with Crippen molar-refractivity contribution < 1.29 is 33.7 Å². The number of hydrogen-bond acceptors (Lipinski definition) is 7. The van der Waals surface area contributed by atoms with Crippen LogP contribution in [0.15, 0.2) is 42.9 Å². The maximum atomic E-state index is 15.4. The van der Waals surface area contributed by atoms with Crippen molar-refractivity contribution in [3.05, 3.63) is 48.6 Å². The number of carbonyl (C=O) groups is 2. The molecule has 3 heterocycles. The molecule has 2 fully saturated rings. The number of aromatic nitrogens is 1. The smallest absolute Gasteiger partial charge is 0.309 e. The Kier molecular flexibility index (Phi) is 10.0. The van der Waals surface area contributed by atoms with E-state index in [0.29, 0.717) is 31.4 Å². The van der Waals surface area contributed by atoms with Gasteiger partial charge in [0.25, 0.3) is 0 Å². The van der Waals surface area contributed by atoms with Crippen molar-refractivity contribution in [1.29, 1.82) is 0 Å². The van der Waals surface area contributed by atoms with Crippen molar-refractivity contribution in [3.63, 3.8) is 0 Å². The number of epoxide rings is 1. The van der Waals surface area contributed by atoms with E-state index in [1.807, 2.05) is 13.8 Å². The van der Waals surface area contributed by atoms with E-state index in [1.54, 1.807) is 44.3 Å². The van der Waals surface area contributed by atoms with Crippen LogP contribution in [0.25, 0.3) is 6.08 Å². The summed E-state index contributed by atoms with van der Waals surface area (Å²) in [5, 5.41) is 22.1. The third-order valence-electron chi connectivity index (χ3n) is 8.19. The Hall–Kier alpha value is -2.42. The number of carbonyl (C=O) groups excluding carboxylic acids is 2. The van der Waals surface area contributed by atoms with Gasteiger partial charge in [-0.25, -0.2) is 4.39 Å². The van der Waals surface area contributed by atoms with Crippen LogP contribution >= 0.6 is 0 Å². The van der Waals surface area contributed by atoms with Gasteiger partial charge in [0.15, 0.2) is 6.10 Å². The molecule has 2 N–H and O–H groups in total. The third kappa shape index (κ3) is 7.36. The van der Waals surface area contributed by atoms with Crippen molar-refractivity contribution in [3.8, 4) is 0 Å². The lowest BCUT2D eigenvalue weighted by molar-refractivity contribution is -0.155. The van der Waals surface area contributed by atoms with Crippen molar-refractivity contribution in [2.24, 2.45) is 17.3 Å². The Morgan fingerprint density at radius 1 is 1.26 bits per heavy atom. The number of ketones is 1. The van der Waals surface area contributed by atoms with Gasteiger partial charge in [0, 0.05) is 18.5 Å². The summed E-state index contributed by atoms with van der Waals surface area (Å²) in [7, 11) is 0. The van der Waals surface area contributed by atoms with Crippen LogP contribution in [0.3, 0.4) is 0 Å². The van der Waals surface area contributed by atoms with Gasteiger partial charge in [-0.1, -0.05) is 39.3 Å². The molecule has 8 heteroatoms. The Morgan fingerprint density at radius 3 is 2.66 bits per heavy atom. The van der Waals surface area contributed by atoms with Gasteiger partial charge in [-0.15, -0.1) is 6.58 Å². The first-order valence-corrected chi connectivity index (χ1v) is 13.6. The Morgan fingerprint density at radius 2 is 2.00 bits per heavy atom. The van der Waals surface area contributed by atoms with E-state index in [0.717, 1.165) is 6.42 Å². The van der Waals surface area contributed by atoms with E-state index in [-0.39, 0.29) is 24.2 Å². The van der Waals surface area contributed by atoms with E-state index < -0.39 is 53.5 Å². The van der Waals surface area contributed by atoms with Crippen LogP contribution in [-0.4, -0.2) is 57.0 Å². The van der Waals surface area contributed by atoms with E-state index in [9.17, 15) is 19.8 Å². The molecule has 2 saturated heterocycles. The van der Waals surface area contributed by atoms with E-state index in [2.05, 4.69) is 11.6 Å². The number of halogens is 1. The molecule has 210 valence electrons. The SMILES string of the molecule is C=CCCC1C(=O)C(C)(C)C(O)CC(=O)OC(C(F)=Cc2ccccn2)CC2OC2(C)CCCC(C)C1O. The quantitative estimate of drug-likeness (QED) is 0.314. The predicted molar refractivity (Wildman–Crippen MR) is 142 cm³/mol. The molecule has 1 aromatic heterocycles. The number of pyridine rings is 1. The predicted octanol–water partition coefficient (Wildman–Crippen LogP) is 4.96. The monoisotopic (exact) mass is 531 g/mol. The summed E-state index contributed by atoms with van der Waals surface area (Å²) in [5.74, 6) is -2.68. The zero-order chi connectivity index (χ0) is 28.1. The molecule has 2 aliphatic heterocycles. The fourth-order valence-electron chi connectivity index (χ4n) is 5.27. The minimum absolute atomic E-state index is 0.123. The highest BCUT2D eigenvalue weighted by Crippen LogP contribution is 2.45. The number of esters is 1. The summed E-state index contributed by atoms with van der Waals surface area (Å²) in [5.41, 5.74) is -1.44. The number of fused-ring (bicyclic) bond motifs is 1. The molecule has 0 bridgehead atoms. The maximum absolute atomic E-state index is 15.4. The van der Waals surface area contributed by atoms with Crippen LogP contribution < -0.4 is 0 Å². The molecule has 0 spiro atoms. The average molecular weight is 532 g/mol. The summed E-state index contributed by atoms with van der Waals surface area (Å²) in [6.45, 7) is 10.7. The van der Waals surface area contributed by atoms with E-state index in [4.69, 9.17) is 9.47 Å². The molecule has 0 aliphatic carbocycles. The van der Waals surface area contributed by atoms with Crippen molar-refractivity contribution in [1.82, 2.24) is 4.98 Å². The molecular weight excluding hydrogens is 489 g/mol. The third-order valence-corrected chi connectivity index (χ3v) is 8.19. The van der Waals surface area contributed by atoms with Crippen LogP contribution in [0.4, 0.5) is 4.39 Å². The van der Waals surface area contributed by atoms with Gasteiger partial charge in [0.2, 0.25) is 0 Å². The highest BCUT2D eigenvalue weighted by atomic mass is 19.1. The number of allylic oxidation sites excluding steroid dienone is 1. The zero-order valence-electron chi connectivity index (χ0n) is 22.9. The Labute approximate surface area is 225 Å². The Bertz CT molecular complexity index is 1010. The van der Waals surface area contributed by atoms with Crippen LogP contribution in [0, 0.1) is 17.3 Å². The van der Waals surface area contributed by atoms with Gasteiger partial charge >= 0.3 is 5.97 Å². The highest BCUT2D eigenvalue weighted by Gasteiger charge is 2.53. The van der Waals surface area contributed by atoms with Gasteiger partial charge in [-0.05, 0) is 56.7 Å². The van der Waals surface area contributed by atoms with Crippen molar-refractivity contribution >= 4 is 17.8 Å². The molecule has 1 aromatic rings. The van der Waals surface area contributed by atoms with Crippen LogP contribution in [0.2, 0.25) is 0 Å². The molecular formula is C30H42FNO6. The molecule has 7 unspecified atom stereocenters. The number of rotatable bonds is 5. The standard InChI is InChI=1S/C30H42FNO6/c1-6-7-13-21-27(35)19(2)11-10-14-30(5)25(38-30)17-23(22(31)16-20-12-8-9-15-32-20)37-26(34)18-24(33)29(3,4)28(21)36/h6,8-9,12,15-16,19,21,23-25,27,33,35H,1,7,10-11,13-14,17-18H2,2-5H3. The lowest BCUT2D eigenvalue weighted by Crippen LogP contribution is -2.46. The molecule has 3 rings (SSSR count). The average Bonchev–Trinajstić information content (AvgIpc) is 3.51. The number of aliphatic hydroxyl groups excluding tert-OH is 2. The summed E-state index contributed by atoms with van der Waals surface area (Å²) in [6.07, 6.45) is 3.35. The lowest BCUT2D eigenvalue weighted by atomic mass is 9.71. The second-order valence-corrected chi connectivity index (χ2v) is 11.6. The second-order valence-electron chi connectivity index (χ2n) is 11.6. The van der Waals surface area contributed by atoms with E-state index in [1.165, 1.54) is 6.08 Å². The number of Topliss-reactive ketones (excluding diaryl/α,β-unsaturated/α-hetero) is 1. The summed E-state index contributed by atoms with van der Waals surface area (Å²) in [6, 6.07) is 5.09. The number of nitrogens with zero attached hydrogens (tertiary/aromatic N) is 1. The van der Waals surface area contributed by atoms with E-state index >= 15 is 4.39 Å². The molecule has 0 amide bonds. The first kappa shape index (κ1) is 30.1. The minimum Gasteiger partial charge on any atom is -0.455 e. The first-order chi connectivity index (χ1) is 17.9. The number of hydrogen-bond donors (Lipinski definition) is 2. The molecule has 0 radical (unpaired) electrons. The van der Waals surface area contributed by atoms with Gasteiger partial charge < -0.3 is 19.7 Å².